The predicted octanol–water partition coefficient (Wildman–Crippen LogP) is 1.44. The highest BCUT2D eigenvalue weighted by Gasteiger charge is 2.42. The quantitative estimate of drug-likeness (QED) is 0.734. The lowest BCUT2D eigenvalue weighted by Gasteiger charge is -2.37. The second-order valence-electron chi connectivity index (χ2n) is 3.73. The third kappa shape index (κ3) is 1.48. The Morgan fingerprint density at radius 1 is 1.38 bits per heavy atom. The maximum Gasteiger partial charge on any atom is 0.165 e. The van der Waals surface area contributed by atoms with Crippen LogP contribution in [0.4, 0.5) is 8.78 Å². The van der Waals surface area contributed by atoms with Gasteiger partial charge in [-0.25, -0.2) is 8.78 Å². The largest absolute Gasteiger partial charge is 0.494 e. The zero-order chi connectivity index (χ0) is 11.8. The molecule has 1 aliphatic rings. The Balaban J connectivity index is 2.49. The van der Waals surface area contributed by atoms with Crippen LogP contribution >= 0.6 is 0 Å². The number of aldehydes is 1. The number of carbonyl (C=O) groups is 1. The fourth-order valence-corrected chi connectivity index (χ4v) is 1.68. The molecule has 0 spiro atoms. The predicted molar refractivity (Wildman–Crippen MR) is 51.5 cm³/mol. The van der Waals surface area contributed by atoms with Gasteiger partial charge in [0.25, 0.3) is 0 Å². The van der Waals surface area contributed by atoms with E-state index in [1.165, 1.54) is 7.11 Å². The Kier molecular flexibility index (Phi) is 2.63. The molecule has 3 nitrogen and oxygen atoms in total. The molecule has 1 fully saturated rings. The van der Waals surface area contributed by atoms with Gasteiger partial charge in [-0.1, -0.05) is 0 Å². The standard InChI is InChI=1S/C11H10F2O3/c1-15-10-3-8(12)7(2-9(10)13)11(4-14)5-16-6-11/h2-4H,5-6H2,1H3. The highest BCUT2D eigenvalue weighted by Crippen LogP contribution is 2.34. The van der Waals surface area contributed by atoms with Crippen LogP contribution in [0.25, 0.3) is 0 Å². The zero-order valence-corrected chi connectivity index (χ0v) is 8.63. The average molecular weight is 228 g/mol. The van der Waals surface area contributed by atoms with Gasteiger partial charge >= 0.3 is 0 Å². The SMILES string of the molecule is COc1cc(F)c(C2(C=O)COC2)cc1F. The number of ether oxygens (including phenoxy) is 2. The highest BCUT2D eigenvalue weighted by atomic mass is 19.1. The Morgan fingerprint density at radius 3 is 2.50 bits per heavy atom. The van der Waals surface area contributed by atoms with Crippen molar-refractivity contribution in [2.45, 2.75) is 5.41 Å². The number of methoxy groups -OCH3 is 1. The van der Waals surface area contributed by atoms with Gasteiger partial charge in [0.1, 0.15) is 17.5 Å². The van der Waals surface area contributed by atoms with E-state index in [0.717, 1.165) is 12.1 Å². The van der Waals surface area contributed by atoms with Crippen molar-refractivity contribution in [3.8, 4) is 5.75 Å². The lowest BCUT2D eigenvalue weighted by atomic mass is 9.80. The summed E-state index contributed by atoms with van der Waals surface area (Å²) in [5, 5.41) is 0. The van der Waals surface area contributed by atoms with E-state index < -0.39 is 17.0 Å². The molecule has 5 heteroatoms. The molecule has 1 aliphatic heterocycles. The first-order valence-electron chi connectivity index (χ1n) is 4.70. The highest BCUT2D eigenvalue weighted by molar-refractivity contribution is 5.71. The third-order valence-electron chi connectivity index (χ3n) is 2.72. The number of rotatable bonds is 3. The Bertz CT molecular complexity index is 427. The normalized spacial score (nSPS) is 17.7. The minimum atomic E-state index is -1.04. The second kappa shape index (κ2) is 3.83. The van der Waals surface area contributed by atoms with E-state index in [9.17, 15) is 13.6 Å². The summed E-state index contributed by atoms with van der Waals surface area (Å²) in [6.45, 7) is 0.165. The van der Waals surface area contributed by atoms with Crippen molar-refractivity contribution in [3.63, 3.8) is 0 Å². The Hall–Kier alpha value is -1.49. The minimum absolute atomic E-state index is 0.0204. The molecule has 0 atom stereocenters. The molecule has 16 heavy (non-hydrogen) atoms. The number of benzene rings is 1. The zero-order valence-electron chi connectivity index (χ0n) is 8.63. The van der Waals surface area contributed by atoms with Crippen molar-refractivity contribution in [2.75, 3.05) is 20.3 Å². The molecule has 1 saturated heterocycles. The summed E-state index contributed by atoms with van der Waals surface area (Å²) < 4.78 is 36.6. The summed E-state index contributed by atoms with van der Waals surface area (Å²) in [6.07, 6.45) is 0.598. The molecule has 0 unspecified atom stereocenters. The molecule has 1 aromatic rings. The smallest absolute Gasteiger partial charge is 0.165 e. The van der Waals surface area contributed by atoms with E-state index in [0.29, 0.717) is 6.29 Å². The fourth-order valence-electron chi connectivity index (χ4n) is 1.68. The van der Waals surface area contributed by atoms with Gasteiger partial charge in [-0.2, -0.15) is 0 Å². The van der Waals surface area contributed by atoms with Crippen molar-refractivity contribution < 1.29 is 23.0 Å². The Labute approximate surface area is 91.0 Å². The molecule has 0 N–H and O–H groups in total. The van der Waals surface area contributed by atoms with Crippen LogP contribution in [0, 0.1) is 11.6 Å². The van der Waals surface area contributed by atoms with Crippen LogP contribution < -0.4 is 4.74 Å². The average Bonchev–Trinajstić information content (AvgIpc) is 2.22. The van der Waals surface area contributed by atoms with E-state index in [-0.39, 0.29) is 24.5 Å². The molecule has 1 heterocycles. The van der Waals surface area contributed by atoms with Crippen molar-refractivity contribution in [3.05, 3.63) is 29.3 Å². The molecule has 0 aliphatic carbocycles. The molecular weight excluding hydrogens is 218 g/mol. The maximum absolute atomic E-state index is 13.7. The summed E-state index contributed by atoms with van der Waals surface area (Å²) >= 11 is 0. The van der Waals surface area contributed by atoms with Gasteiger partial charge in [0, 0.05) is 11.6 Å². The summed E-state index contributed by atoms with van der Waals surface area (Å²) in [4.78, 5) is 10.9. The van der Waals surface area contributed by atoms with Crippen molar-refractivity contribution in [1.29, 1.82) is 0 Å². The van der Waals surface area contributed by atoms with Crippen LogP contribution in [0.15, 0.2) is 12.1 Å². The van der Waals surface area contributed by atoms with E-state index in [1.54, 1.807) is 0 Å². The van der Waals surface area contributed by atoms with Gasteiger partial charge < -0.3 is 14.3 Å². The fraction of sp³-hybridized carbons (Fsp3) is 0.364. The van der Waals surface area contributed by atoms with Gasteiger partial charge in [0.05, 0.1) is 20.3 Å². The Morgan fingerprint density at radius 2 is 2.06 bits per heavy atom. The first-order chi connectivity index (χ1) is 7.63. The summed E-state index contributed by atoms with van der Waals surface area (Å²) in [6, 6.07) is 1.93. The van der Waals surface area contributed by atoms with Crippen LogP contribution in [0.5, 0.6) is 5.75 Å². The van der Waals surface area contributed by atoms with Crippen LogP contribution in [-0.4, -0.2) is 26.6 Å². The van der Waals surface area contributed by atoms with Crippen LogP contribution in [0.1, 0.15) is 5.56 Å². The molecule has 0 amide bonds. The van der Waals surface area contributed by atoms with E-state index >= 15 is 0 Å². The van der Waals surface area contributed by atoms with E-state index in [4.69, 9.17) is 4.74 Å². The van der Waals surface area contributed by atoms with Gasteiger partial charge in [0.2, 0.25) is 0 Å². The molecule has 0 saturated carbocycles. The first-order valence-corrected chi connectivity index (χ1v) is 4.70. The lowest BCUT2D eigenvalue weighted by molar-refractivity contribution is -0.130. The van der Waals surface area contributed by atoms with Crippen molar-refractivity contribution >= 4 is 6.29 Å². The van der Waals surface area contributed by atoms with Crippen LogP contribution in [-0.2, 0) is 14.9 Å². The third-order valence-corrected chi connectivity index (χ3v) is 2.72. The number of hydrogen-bond acceptors (Lipinski definition) is 3. The molecule has 1 aromatic carbocycles. The number of hydrogen-bond donors (Lipinski definition) is 0. The van der Waals surface area contributed by atoms with Crippen molar-refractivity contribution in [1.82, 2.24) is 0 Å². The monoisotopic (exact) mass is 228 g/mol. The van der Waals surface area contributed by atoms with Gasteiger partial charge in [-0.05, 0) is 6.07 Å². The van der Waals surface area contributed by atoms with Crippen LogP contribution in [0.2, 0.25) is 0 Å². The van der Waals surface area contributed by atoms with Crippen molar-refractivity contribution in [2.24, 2.45) is 0 Å². The topological polar surface area (TPSA) is 35.5 Å². The molecule has 0 radical (unpaired) electrons. The maximum atomic E-state index is 13.7. The van der Waals surface area contributed by atoms with Crippen LogP contribution in [0.3, 0.4) is 0 Å². The minimum Gasteiger partial charge on any atom is -0.494 e. The summed E-state index contributed by atoms with van der Waals surface area (Å²) in [5.41, 5.74) is -1.02. The van der Waals surface area contributed by atoms with E-state index in [1.807, 2.05) is 0 Å². The van der Waals surface area contributed by atoms with Gasteiger partial charge in [-0.15, -0.1) is 0 Å². The number of carbonyl (C=O) groups excluding carboxylic acids is 1. The molecule has 86 valence electrons. The molecule has 2 rings (SSSR count). The van der Waals surface area contributed by atoms with Gasteiger partial charge in [-0.3, -0.25) is 0 Å². The number of halogens is 2. The van der Waals surface area contributed by atoms with Gasteiger partial charge in [0.15, 0.2) is 11.6 Å². The first kappa shape index (κ1) is 11.0. The molecule has 0 bridgehead atoms. The summed E-state index contributed by atoms with van der Waals surface area (Å²) in [7, 11) is 1.25. The lowest BCUT2D eigenvalue weighted by Crippen LogP contribution is -2.48. The second-order valence-corrected chi connectivity index (χ2v) is 3.73. The molecular formula is C11H10F2O3. The molecule has 0 aromatic heterocycles. The van der Waals surface area contributed by atoms with E-state index in [2.05, 4.69) is 4.74 Å². The summed E-state index contributed by atoms with van der Waals surface area (Å²) in [5.74, 6) is -1.52.